The molecule has 0 aliphatic heterocycles. The van der Waals surface area contributed by atoms with E-state index < -0.39 is 15.1 Å². The molecule has 1 fully saturated rings. The van der Waals surface area contributed by atoms with Crippen LogP contribution in [0.15, 0.2) is 28.7 Å². The van der Waals surface area contributed by atoms with E-state index >= 15 is 0 Å². The lowest BCUT2D eigenvalue weighted by Gasteiger charge is -1.99. The summed E-state index contributed by atoms with van der Waals surface area (Å²) in [6.07, 6.45) is 1.24. The van der Waals surface area contributed by atoms with Gasteiger partial charge < -0.3 is 5.73 Å². The van der Waals surface area contributed by atoms with Crippen molar-refractivity contribution in [3.05, 3.63) is 34.3 Å². The molecule has 0 spiro atoms. The van der Waals surface area contributed by atoms with Gasteiger partial charge in [-0.2, -0.15) is 0 Å². The average molecular weight is 334 g/mol. The first-order valence-corrected chi connectivity index (χ1v) is 8.21. The van der Waals surface area contributed by atoms with Gasteiger partial charge in [0.05, 0.1) is 10.2 Å². The van der Waals surface area contributed by atoms with E-state index in [-0.39, 0.29) is 16.8 Å². The fourth-order valence-electron chi connectivity index (χ4n) is 2.24. The molecule has 3 atom stereocenters. The maximum absolute atomic E-state index is 11.6. The summed E-state index contributed by atoms with van der Waals surface area (Å²) in [4.78, 5) is 0.286. The van der Waals surface area contributed by atoms with E-state index in [2.05, 4.69) is 15.9 Å². The van der Waals surface area contributed by atoms with Crippen molar-refractivity contribution in [1.29, 1.82) is 0 Å². The first-order valence-electron chi connectivity index (χ1n) is 5.06. The van der Waals surface area contributed by atoms with E-state index in [1.807, 2.05) is 24.3 Å². The van der Waals surface area contributed by atoms with Crippen LogP contribution in [-0.2, 0) is 9.84 Å². The Bertz CT molecular complexity index is 553. The van der Waals surface area contributed by atoms with Crippen LogP contribution in [0.25, 0.3) is 0 Å². The largest absolute Gasteiger partial charge is 0.393 e. The lowest BCUT2D eigenvalue weighted by Crippen LogP contribution is -2.16. The van der Waals surface area contributed by atoms with E-state index in [1.165, 1.54) is 6.26 Å². The number of nitrogens with two attached hydrogens (primary N) is 1. The van der Waals surface area contributed by atoms with Gasteiger partial charge in [0.15, 0.2) is 9.84 Å². The molecule has 2 N–H and O–H groups in total. The van der Waals surface area contributed by atoms with Gasteiger partial charge in [-0.3, -0.25) is 0 Å². The second-order valence-electron chi connectivity index (χ2n) is 4.30. The van der Waals surface area contributed by atoms with E-state index in [4.69, 9.17) is 18.0 Å². The molecule has 0 aromatic heterocycles. The molecule has 1 saturated carbocycles. The van der Waals surface area contributed by atoms with Gasteiger partial charge in [-0.15, -0.1) is 0 Å². The van der Waals surface area contributed by atoms with Gasteiger partial charge in [0, 0.05) is 22.6 Å². The van der Waals surface area contributed by atoms with E-state index in [1.54, 1.807) is 0 Å². The summed E-state index contributed by atoms with van der Waals surface area (Å²) >= 11 is 8.28. The number of sulfone groups is 1. The average Bonchev–Trinajstić information content (AvgIpc) is 2.93. The smallest absolute Gasteiger partial charge is 0.151 e. The minimum Gasteiger partial charge on any atom is -0.393 e. The Kier molecular flexibility index (Phi) is 3.31. The van der Waals surface area contributed by atoms with Crippen molar-refractivity contribution in [2.75, 3.05) is 6.26 Å². The van der Waals surface area contributed by atoms with Crippen molar-refractivity contribution < 1.29 is 8.42 Å². The fraction of sp³-hybridized carbons (Fsp3) is 0.364. The summed E-state index contributed by atoms with van der Waals surface area (Å²) in [5.74, 6) is -0.309. The van der Waals surface area contributed by atoms with Crippen LogP contribution in [0.2, 0.25) is 0 Å². The van der Waals surface area contributed by atoms with Gasteiger partial charge in [0.2, 0.25) is 0 Å². The van der Waals surface area contributed by atoms with Gasteiger partial charge in [-0.25, -0.2) is 8.42 Å². The molecule has 3 nitrogen and oxygen atoms in total. The molecule has 0 radical (unpaired) electrons. The molecule has 0 saturated heterocycles. The van der Waals surface area contributed by atoms with Crippen LogP contribution in [0.1, 0.15) is 11.5 Å². The topological polar surface area (TPSA) is 60.2 Å². The highest BCUT2D eigenvalue weighted by Gasteiger charge is 2.58. The number of hydrogen-bond acceptors (Lipinski definition) is 3. The van der Waals surface area contributed by atoms with Crippen molar-refractivity contribution >= 4 is 43.0 Å². The molecule has 1 aliphatic rings. The van der Waals surface area contributed by atoms with Gasteiger partial charge in [-0.1, -0.05) is 40.3 Å². The summed E-state index contributed by atoms with van der Waals surface area (Å²) in [7, 11) is -3.11. The van der Waals surface area contributed by atoms with Crippen molar-refractivity contribution in [3.8, 4) is 0 Å². The second-order valence-corrected chi connectivity index (χ2v) is 7.89. The predicted molar refractivity (Wildman–Crippen MR) is 75.8 cm³/mol. The van der Waals surface area contributed by atoms with Gasteiger partial charge in [0.25, 0.3) is 0 Å². The molecule has 6 heteroatoms. The van der Waals surface area contributed by atoms with Crippen molar-refractivity contribution in [2.24, 2.45) is 11.7 Å². The molecular formula is C11H12BrNO2S2. The minimum absolute atomic E-state index is 0.0874. The van der Waals surface area contributed by atoms with Crippen molar-refractivity contribution in [3.63, 3.8) is 0 Å². The zero-order valence-electron chi connectivity index (χ0n) is 9.13. The predicted octanol–water partition coefficient (Wildman–Crippen LogP) is 1.86. The molecule has 2 rings (SSSR count). The number of thiocarbonyl (C=S) groups is 1. The summed E-state index contributed by atoms with van der Waals surface area (Å²) in [6, 6.07) is 7.60. The number of benzene rings is 1. The molecule has 3 unspecified atom stereocenters. The zero-order chi connectivity index (χ0) is 12.8. The standard InChI is InChI=1S/C11H12BrNO2S2/c1-17(14,15)10-8(9(10)11(13)16)6-2-4-7(12)5-3-6/h2-5,8-10H,1H3,(H2,13,16). The lowest BCUT2D eigenvalue weighted by atomic mass is 10.1. The Hall–Kier alpha value is -0.460. The highest BCUT2D eigenvalue weighted by molar-refractivity contribution is 9.10. The Labute approximate surface area is 114 Å². The Morgan fingerprint density at radius 2 is 1.88 bits per heavy atom. The quantitative estimate of drug-likeness (QED) is 0.858. The number of halogens is 1. The third-order valence-corrected chi connectivity index (χ3v) is 5.41. The summed E-state index contributed by atoms with van der Waals surface area (Å²) in [5, 5.41) is -0.457. The maximum Gasteiger partial charge on any atom is 0.151 e. The molecule has 1 aliphatic carbocycles. The van der Waals surface area contributed by atoms with Gasteiger partial charge in [0.1, 0.15) is 0 Å². The molecule has 0 heterocycles. The molecule has 1 aromatic carbocycles. The van der Waals surface area contributed by atoms with Crippen molar-refractivity contribution in [1.82, 2.24) is 0 Å². The summed E-state index contributed by atoms with van der Waals surface area (Å²) in [5.41, 5.74) is 6.57. The second kappa shape index (κ2) is 4.33. The fourth-order valence-corrected chi connectivity index (χ4v) is 4.50. The van der Waals surface area contributed by atoms with Crippen LogP contribution in [0.3, 0.4) is 0 Å². The first kappa shape index (κ1) is 13.0. The third kappa shape index (κ3) is 2.53. The first-order chi connectivity index (χ1) is 7.82. The molecule has 0 bridgehead atoms. The maximum atomic E-state index is 11.6. The van der Waals surface area contributed by atoms with Gasteiger partial charge >= 0.3 is 0 Å². The van der Waals surface area contributed by atoms with Gasteiger partial charge in [-0.05, 0) is 17.7 Å². The molecular weight excluding hydrogens is 322 g/mol. The zero-order valence-corrected chi connectivity index (χ0v) is 12.3. The SMILES string of the molecule is CS(=O)(=O)C1C(C(N)=S)C1c1ccc(Br)cc1. The minimum atomic E-state index is -3.11. The highest BCUT2D eigenvalue weighted by atomic mass is 79.9. The van der Waals surface area contributed by atoms with Crippen LogP contribution >= 0.6 is 28.1 Å². The van der Waals surface area contributed by atoms with Crippen LogP contribution in [0.5, 0.6) is 0 Å². The molecule has 0 amide bonds. The molecule has 17 heavy (non-hydrogen) atoms. The van der Waals surface area contributed by atoms with Crippen LogP contribution in [0, 0.1) is 5.92 Å². The lowest BCUT2D eigenvalue weighted by molar-refractivity contribution is 0.599. The van der Waals surface area contributed by atoms with E-state index in [0.717, 1.165) is 10.0 Å². The number of hydrogen-bond donors (Lipinski definition) is 1. The van der Waals surface area contributed by atoms with Crippen LogP contribution in [0.4, 0.5) is 0 Å². The molecule has 1 aromatic rings. The van der Waals surface area contributed by atoms with Crippen LogP contribution in [-0.4, -0.2) is 24.9 Å². The molecule has 92 valence electrons. The normalized spacial score (nSPS) is 27.8. The van der Waals surface area contributed by atoms with E-state index in [0.29, 0.717) is 0 Å². The van der Waals surface area contributed by atoms with Crippen molar-refractivity contribution in [2.45, 2.75) is 11.2 Å². The van der Waals surface area contributed by atoms with E-state index in [9.17, 15) is 8.42 Å². The Morgan fingerprint density at radius 3 is 2.24 bits per heavy atom. The Morgan fingerprint density at radius 1 is 1.35 bits per heavy atom. The van der Waals surface area contributed by atoms with Crippen LogP contribution < -0.4 is 5.73 Å². The highest BCUT2D eigenvalue weighted by Crippen LogP contribution is 2.52. The summed E-state index contributed by atoms with van der Waals surface area (Å²) < 4.78 is 24.2. The Balaban J connectivity index is 2.34. The summed E-state index contributed by atoms with van der Waals surface area (Å²) in [6.45, 7) is 0. The third-order valence-electron chi connectivity index (χ3n) is 3.03. The number of rotatable bonds is 3. The monoisotopic (exact) mass is 333 g/mol.